The van der Waals surface area contributed by atoms with Crippen LogP contribution in [0.5, 0.6) is 0 Å². The summed E-state index contributed by atoms with van der Waals surface area (Å²) in [6.45, 7) is 4.25. The van der Waals surface area contributed by atoms with E-state index in [0.717, 1.165) is 11.4 Å². The maximum Gasteiger partial charge on any atom is 0.233 e. The molecule has 0 aromatic heterocycles. The van der Waals surface area contributed by atoms with E-state index in [1.165, 1.54) is 5.56 Å². The third-order valence-electron chi connectivity index (χ3n) is 3.61. The lowest BCUT2D eigenvalue weighted by atomic mass is 10.0. The van der Waals surface area contributed by atoms with E-state index in [0.29, 0.717) is 12.5 Å². The zero-order valence-corrected chi connectivity index (χ0v) is 12.4. The monoisotopic (exact) mass is 283 g/mol. The van der Waals surface area contributed by atoms with Gasteiger partial charge in [-0.05, 0) is 45.0 Å². The van der Waals surface area contributed by atoms with Crippen LogP contribution >= 0.6 is 11.6 Å². The van der Waals surface area contributed by atoms with E-state index in [1.54, 1.807) is 0 Å². The van der Waals surface area contributed by atoms with E-state index in [2.05, 4.69) is 31.2 Å². The van der Waals surface area contributed by atoms with Gasteiger partial charge < -0.3 is 0 Å². The second-order valence-electron chi connectivity index (χ2n) is 4.85. The summed E-state index contributed by atoms with van der Waals surface area (Å²) in [4.78, 5) is 13.4. The van der Waals surface area contributed by atoms with Crippen LogP contribution in [0.3, 0.4) is 0 Å². The Morgan fingerprint density at radius 3 is 2.47 bits per heavy atom. The number of nitrogens with two attached hydrogens (primary N) is 1. The lowest BCUT2D eigenvalue weighted by Crippen LogP contribution is -2.35. The molecule has 3 N–H and O–H groups in total. The van der Waals surface area contributed by atoms with Crippen molar-refractivity contribution >= 4 is 17.5 Å². The van der Waals surface area contributed by atoms with Crippen molar-refractivity contribution in [1.29, 1.82) is 0 Å². The van der Waals surface area contributed by atoms with Gasteiger partial charge in [0, 0.05) is 23.5 Å². The van der Waals surface area contributed by atoms with Crippen molar-refractivity contribution in [3.63, 3.8) is 0 Å². The quantitative estimate of drug-likeness (QED) is 0.479. The second-order valence-corrected chi connectivity index (χ2v) is 5.28. The molecule has 0 radical (unpaired) electrons. The number of halogens is 1. The Balaban J connectivity index is 2.58. The third kappa shape index (κ3) is 4.82. The molecule has 0 heterocycles. The average Bonchev–Trinajstić information content (AvgIpc) is 2.43. The summed E-state index contributed by atoms with van der Waals surface area (Å²) in [7, 11) is 2.06. The van der Waals surface area contributed by atoms with E-state index in [1.807, 2.05) is 24.3 Å². The Kier molecular flexibility index (Phi) is 6.28. The minimum atomic E-state index is -0.126. The molecule has 1 rings (SSSR count). The molecule has 1 amide bonds. The summed E-state index contributed by atoms with van der Waals surface area (Å²) in [5.41, 5.74) is 3.36. The van der Waals surface area contributed by atoms with Gasteiger partial charge in [-0.25, -0.2) is 5.84 Å². The molecule has 0 aliphatic heterocycles. The fraction of sp³-hybridized carbons (Fsp3) is 0.500. The van der Waals surface area contributed by atoms with Crippen molar-refractivity contribution in [3.8, 4) is 0 Å². The maximum absolute atomic E-state index is 11.1. The smallest absolute Gasteiger partial charge is 0.233 e. The number of hydrazine groups is 1. The molecule has 2 unspecified atom stereocenters. The van der Waals surface area contributed by atoms with Crippen molar-refractivity contribution in [3.05, 3.63) is 34.9 Å². The van der Waals surface area contributed by atoms with E-state index >= 15 is 0 Å². The Bertz CT molecular complexity index is 408. The number of carbonyl (C=O) groups excluding carboxylic acids is 1. The summed E-state index contributed by atoms with van der Waals surface area (Å²) < 4.78 is 0. The largest absolute Gasteiger partial charge is 0.297 e. The van der Waals surface area contributed by atoms with Gasteiger partial charge in [-0.3, -0.25) is 15.1 Å². The number of nitrogens with one attached hydrogen (secondary N) is 1. The van der Waals surface area contributed by atoms with E-state index in [9.17, 15) is 4.79 Å². The number of hydrogen-bond donors (Lipinski definition) is 2. The first-order valence-corrected chi connectivity index (χ1v) is 6.80. The highest BCUT2D eigenvalue weighted by molar-refractivity contribution is 6.30. The average molecular weight is 284 g/mol. The standard InChI is InChI=1S/C14H22ClN3O/c1-10(4-9-14(19)17-16)18(3)11(2)12-5-7-13(15)8-6-12/h5-8,10-11H,4,9,16H2,1-3H3,(H,17,19). The minimum absolute atomic E-state index is 0.126. The van der Waals surface area contributed by atoms with Crippen LogP contribution in [0.2, 0.25) is 5.02 Å². The second kappa shape index (κ2) is 7.48. The zero-order chi connectivity index (χ0) is 14.4. The molecule has 0 spiro atoms. The van der Waals surface area contributed by atoms with Crippen LogP contribution in [0.15, 0.2) is 24.3 Å². The SMILES string of the molecule is CC(CCC(=O)NN)N(C)C(C)c1ccc(Cl)cc1. The van der Waals surface area contributed by atoms with Crippen molar-refractivity contribution in [2.45, 2.75) is 38.8 Å². The molecule has 0 aliphatic rings. The molecule has 1 aromatic carbocycles. The molecule has 106 valence electrons. The molecule has 4 nitrogen and oxygen atoms in total. The highest BCUT2D eigenvalue weighted by Gasteiger charge is 2.18. The number of benzene rings is 1. The summed E-state index contributed by atoms with van der Waals surface area (Å²) in [5, 5.41) is 0.742. The van der Waals surface area contributed by atoms with Crippen LogP contribution in [0.4, 0.5) is 0 Å². The van der Waals surface area contributed by atoms with Gasteiger partial charge in [0.2, 0.25) is 5.91 Å². The van der Waals surface area contributed by atoms with Gasteiger partial charge in [-0.15, -0.1) is 0 Å². The molecule has 5 heteroatoms. The molecule has 0 saturated carbocycles. The van der Waals surface area contributed by atoms with Crippen LogP contribution < -0.4 is 11.3 Å². The van der Waals surface area contributed by atoms with E-state index in [4.69, 9.17) is 17.4 Å². The molecule has 1 aromatic rings. The first kappa shape index (κ1) is 16.0. The Hall–Kier alpha value is -1.10. The summed E-state index contributed by atoms with van der Waals surface area (Å²) >= 11 is 5.89. The lowest BCUT2D eigenvalue weighted by Gasteiger charge is -2.31. The molecule has 0 saturated heterocycles. The first-order valence-electron chi connectivity index (χ1n) is 6.42. The Morgan fingerprint density at radius 1 is 1.37 bits per heavy atom. The van der Waals surface area contributed by atoms with Crippen molar-refractivity contribution in [2.75, 3.05) is 7.05 Å². The fourth-order valence-electron chi connectivity index (χ4n) is 1.97. The predicted octanol–water partition coefficient (Wildman–Crippen LogP) is 2.49. The minimum Gasteiger partial charge on any atom is -0.297 e. The fourth-order valence-corrected chi connectivity index (χ4v) is 2.10. The van der Waals surface area contributed by atoms with Crippen molar-refractivity contribution < 1.29 is 4.79 Å². The Labute approximate surface area is 119 Å². The topological polar surface area (TPSA) is 58.4 Å². The lowest BCUT2D eigenvalue weighted by molar-refractivity contribution is -0.121. The first-order chi connectivity index (χ1) is 8.95. The van der Waals surface area contributed by atoms with Gasteiger partial charge in [0.15, 0.2) is 0 Å². The highest BCUT2D eigenvalue weighted by atomic mass is 35.5. The van der Waals surface area contributed by atoms with Gasteiger partial charge in [-0.2, -0.15) is 0 Å². The number of hydrogen-bond acceptors (Lipinski definition) is 3. The van der Waals surface area contributed by atoms with Gasteiger partial charge >= 0.3 is 0 Å². The summed E-state index contributed by atoms with van der Waals surface area (Å²) in [5.74, 6) is 4.95. The Morgan fingerprint density at radius 2 is 1.95 bits per heavy atom. The van der Waals surface area contributed by atoms with Crippen LogP contribution in [0.1, 0.15) is 38.3 Å². The van der Waals surface area contributed by atoms with Crippen LogP contribution in [-0.2, 0) is 4.79 Å². The van der Waals surface area contributed by atoms with Gasteiger partial charge in [0.25, 0.3) is 0 Å². The van der Waals surface area contributed by atoms with E-state index in [-0.39, 0.29) is 11.9 Å². The summed E-state index contributed by atoms with van der Waals surface area (Å²) in [6.07, 6.45) is 1.22. The number of amides is 1. The number of carbonyl (C=O) groups is 1. The molecular weight excluding hydrogens is 262 g/mol. The molecule has 19 heavy (non-hydrogen) atoms. The van der Waals surface area contributed by atoms with Crippen molar-refractivity contribution in [2.24, 2.45) is 5.84 Å². The molecule has 0 fully saturated rings. The third-order valence-corrected chi connectivity index (χ3v) is 3.86. The van der Waals surface area contributed by atoms with Crippen LogP contribution in [-0.4, -0.2) is 23.9 Å². The maximum atomic E-state index is 11.1. The predicted molar refractivity (Wildman–Crippen MR) is 78.7 cm³/mol. The number of rotatable bonds is 6. The zero-order valence-electron chi connectivity index (χ0n) is 11.7. The normalized spacial score (nSPS) is 14.2. The highest BCUT2D eigenvalue weighted by Crippen LogP contribution is 2.23. The van der Waals surface area contributed by atoms with Gasteiger partial charge in [0.1, 0.15) is 0 Å². The van der Waals surface area contributed by atoms with E-state index < -0.39 is 0 Å². The summed E-state index contributed by atoms with van der Waals surface area (Å²) in [6, 6.07) is 8.42. The van der Waals surface area contributed by atoms with Gasteiger partial charge in [-0.1, -0.05) is 23.7 Å². The molecule has 0 bridgehead atoms. The molecule has 0 aliphatic carbocycles. The van der Waals surface area contributed by atoms with Crippen molar-refractivity contribution in [1.82, 2.24) is 10.3 Å². The number of nitrogens with zero attached hydrogens (tertiary/aromatic N) is 1. The van der Waals surface area contributed by atoms with Crippen LogP contribution in [0, 0.1) is 0 Å². The molecule has 2 atom stereocenters. The van der Waals surface area contributed by atoms with Crippen LogP contribution in [0.25, 0.3) is 0 Å². The van der Waals surface area contributed by atoms with Gasteiger partial charge in [0.05, 0.1) is 0 Å². The molecular formula is C14H22ClN3O.